The van der Waals surface area contributed by atoms with E-state index < -0.39 is 10.0 Å². The number of likely N-dealkylation sites (N-methyl/N-ethyl adjacent to an activating group) is 1. The lowest BCUT2D eigenvalue weighted by Gasteiger charge is -2.19. The van der Waals surface area contributed by atoms with Crippen LogP contribution in [0.25, 0.3) is 0 Å². The van der Waals surface area contributed by atoms with Gasteiger partial charge in [-0.3, -0.25) is 9.52 Å². The molecular weight excluding hydrogens is 398 g/mol. The fraction of sp³-hybridized carbons (Fsp3) is 0.174. The average Bonchev–Trinajstić information content (AvgIpc) is 2.74. The van der Waals surface area contributed by atoms with Crippen molar-refractivity contribution in [2.45, 2.75) is 11.8 Å². The van der Waals surface area contributed by atoms with Crippen molar-refractivity contribution in [2.75, 3.05) is 29.8 Å². The number of hydrogen-bond donors (Lipinski definition) is 2. The van der Waals surface area contributed by atoms with Gasteiger partial charge >= 0.3 is 0 Å². The highest BCUT2D eigenvalue weighted by Gasteiger charge is 2.14. The summed E-state index contributed by atoms with van der Waals surface area (Å²) < 4.78 is 27.4. The van der Waals surface area contributed by atoms with Crippen LogP contribution in [-0.2, 0) is 10.0 Å². The van der Waals surface area contributed by atoms with Crippen LogP contribution in [0.5, 0.6) is 0 Å². The van der Waals surface area contributed by atoms with E-state index in [-0.39, 0.29) is 10.8 Å². The number of benzene rings is 3. The third-order valence-electron chi connectivity index (χ3n) is 4.66. The lowest BCUT2D eigenvalue weighted by atomic mass is 10.2. The molecule has 3 aromatic rings. The molecule has 0 aliphatic carbocycles. The molecule has 0 aromatic heterocycles. The molecule has 6 nitrogen and oxygen atoms in total. The normalized spacial score (nSPS) is 11.0. The van der Waals surface area contributed by atoms with E-state index in [4.69, 9.17) is 0 Å². The molecule has 7 heteroatoms. The molecule has 0 aliphatic heterocycles. The van der Waals surface area contributed by atoms with Gasteiger partial charge in [0.2, 0.25) is 0 Å². The number of amides is 1. The van der Waals surface area contributed by atoms with Gasteiger partial charge in [-0.15, -0.1) is 0 Å². The SMILES string of the molecule is Cc1ccc(S(=O)(=O)Nc2ccc(C(=O)NCCN(C)c3ccccc3)cc2)cc1. The van der Waals surface area contributed by atoms with Crippen LogP contribution in [-0.4, -0.2) is 34.5 Å². The van der Waals surface area contributed by atoms with Gasteiger partial charge in [0.1, 0.15) is 0 Å². The van der Waals surface area contributed by atoms with E-state index in [0.29, 0.717) is 24.3 Å². The summed E-state index contributed by atoms with van der Waals surface area (Å²) in [5.74, 6) is -0.204. The molecule has 0 aliphatic rings. The summed E-state index contributed by atoms with van der Waals surface area (Å²) in [6.45, 7) is 3.06. The van der Waals surface area contributed by atoms with E-state index in [0.717, 1.165) is 11.3 Å². The molecule has 30 heavy (non-hydrogen) atoms. The van der Waals surface area contributed by atoms with Crippen molar-refractivity contribution in [3.05, 3.63) is 90.0 Å². The van der Waals surface area contributed by atoms with Crippen LogP contribution in [0.1, 0.15) is 15.9 Å². The zero-order valence-electron chi connectivity index (χ0n) is 17.0. The van der Waals surface area contributed by atoms with Gasteiger partial charge in [-0.2, -0.15) is 0 Å². The molecule has 156 valence electrons. The summed E-state index contributed by atoms with van der Waals surface area (Å²) in [7, 11) is -1.70. The highest BCUT2D eigenvalue weighted by molar-refractivity contribution is 7.92. The summed E-state index contributed by atoms with van der Waals surface area (Å²) in [6.07, 6.45) is 0. The Morgan fingerprint density at radius 3 is 2.17 bits per heavy atom. The number of carbonyl (C=O) groups is 1. The number of nitrogens with zero attached hydrogens (tertiary/aromatic N) is 1. The van der Waals surface area contributed by atoms with Crippen molar-refractivity contribution in [2.24, 2.45) is 0 Å². The second-order valence-corrected chi connectivity index (χ2v) is 8.69. The van der Waals surface area contributed by atoms with Crippen molar-refractivity contribution in [1.29, 1.82) is 0 Å². The van der Waals surface area contributed by atoms with Gasteiger partial charge < -0.3 is 10.2 Å². The molecule has 0 saturated heterocycles. The summed E-state index contributed by atoms with van der Waals surface area (Å²) in [4.78, 5) is 14.6. The fourth-order valence-electron chi connectivity index (χ4n) is 2.87. The predicted octanol–water partition coefficient (Wildman–Crippen LogP) is 3.66. The molecule has 0 fully saturated rings. The maximum Gasteiger partial charge on any atom is 0.261 e. The van der Waals surface area contributed by atoms with Gasteiger partial charge in [0.25, 0.3) is 15.9 Å². The molecule has 3 aromatic carbocycles. The smallest absolute Gasteiger partial charge is 0.261 e. The minimum atomic E-state index is -3.67. The van der Waals surface area contributed by atoms with E-state index in [2.05, 4.69) is 14.9 Å². The van der Waals surface area contributed by atoms with E-state index in [1.807, 2.05) is 44.3 Å². The molecule has 2 N–H and O–H groups in total. The third-order valence-corrected chi connectivity index (χ3v) is 6.06. The first-order chi connectivity index (χ1) is 14.3. The van der Waals surface area contributed by atoms with Crippen LogP contribution in [0.3, 0.4) is 0 Å². The zero-order chi connectivity index (χ0) is 21.6. The van der Waals surface area contributed by atoms with Crippen molar-refractivity contribution in [3.8, 4) is 0 Å². The number of sulfonamides is 1. The van der Waals surface area contributed by atoms with Gasteiger partial charge in [0.15, 0.2) is 0 Å². The molecule has 0 unspecified atom stereocenters. The summed E-state index contributed by atoms with van der Waals surface area (Å²) in [6, 6.07) is 22.9. The Morgan fingerprint density at radius 1 is 0.900 bits per heavy atom. The van der Waals surface area contributed by atoms with Crippen LogP contribution in [0.4, 0.5) is 11.4 Å². The lowest BCUT2D eigenvalue weighted by Crippen LogP contribution is -2.32. The van der Waals surface area contributed by atoms with E-state index in [1.54, 1.807) is 48.5 Å². The Morgan fingerprint density at radius 2 is 1.53 bits per heavy atom. The first-order valence-corrected chi connectivity index (χ1v) is 11.1. The molecule has 0 saturated carbocycles. The Bertz CT molecular complexity index is 1080. The number of aryl methyl sites for hydroxylation is 1. The van der Waals surface area contributed by atoms with Gasteiger partial charge in [-0.05, 0) is 55.5 Å². The molecule has 1 amide bonds. The summed E-state index contributed by atoms with van der Waals surface area (Å²) >= 11 is 0. The maximum atomic E-state index is 12.5. The van der Waals surface area contributed by atoms with E-state index in [1.165, 1.54) is 0 Å². The Hall–Kier alpha value is -3.32. The molecule has 0 bridgehead atoms. The number of para-hydroxylation sites is 1. The first kappa shape index (κ1) is 21.4. The molecule has 0 atom stereocenters. The van der Waals surface area contributed by atoms with Crippen molar-refractivity contribution in [3.63, 3.8) is 0 Å². The Kier molecular flexibility index (Phi) is 6.74. The molecule has 0 spiro atoms. The van der Waals surface area contributed by atoms with Crippen molar-refractivity contribution < 1.29 is 13.2 Å². The maximum absolute atomic E-state index is 12.5. The monoisotopic (exact) mass is 423 g/mol. The Balaban J connectivity index is 1.54. The Labute approximate surface area is 177 Å². The molecule has 3 rings (SSSR count). The number of carbonyl (C=O) groups excluding carboxylic acids is 1. The van der Waals surface area contributed by atoms with Gasteiger partial charge in [0, 0.05) is 37.1 Å². The van der Waals surface area contributed by atoms with Crippen molar-refractivity contribution in [1.82, 2.24) is 5.32 Å². The first-order valence-electron chi connectivity index (χ1n) is 9.59. The number of hydrogen-bond acceptors (Lipinski definition) is 4. The lowest BCUT2D eigenvalue weighted by molar-refractivity contribution is 0.0954. The largest absolute Gasteiger partial charge is 0.373 e. The highest BCUT2D eigenvalue weighted by Crippen LogP contribution is 2.17. The van der Waals surface area contributed by atoms with E-state index >= 15 is 0 Å². The summed E-state index contributed by atoms with van der Waals surface area (Å²) in [5, 5.41) is 2.88. The minimum absolute atomic E-state index is 0.192. The second-order valence-electron chi connectivity index (χ2n) is 7.01. The third kappa shape index (κ3) is 5.61. The summed E-state index contributed by atoms with van der Waals surface area (Å²) in [5.41, 5.74) is 2.93. The van der Waals surface area contributed by atoms with Gasteiger partial charge in [0.05, 0.1) is 4.90 Å². The number of nitrogens with one attached hydrogen (secondary N) is 2. The zero-order valence-corrected chi connectivity index (χ0v) is 17.8. The van der Waals surface area contributed by atoms with Crippen LogP contribution in [0, 0.1) is 6.92 Å². The van der Waals surface area contributed by atoms with Gasteiger partial charge in [-0.25, -0.2) is 8.42 Å². The molecule has 0 heterocycles. The van der Waals surface area contributed by atoms with Crippen molar-refractivity contribution >= 4 is 27.3 Å². The second kappa shape index (κ2) is 9.45. The van der Waals surface area contributed by atoms with Crippen LogP contribution in [0.15, 0.2) is 83.8 Å². The predicted molar refractivity (Wildman–Crippen MR) is 120 cm³/mol. The number of rotatable bonds is 8. The van der Waals surface area contributed by atoms with Gasteiger partial charge in [-0.1, -0.05) is 35.9 Å². The average molecular weight is 424 g/mol. The number of anilines is 2. The minimum Gasteiger partial charge on any atom is -0.373 e. The highest BCUT2D eigenvalue weighted by atomic mass is 32.2. The quantitative estimate of drug-likeness (QED) is 0.580. The van der Waals surface area contributed by atoms with Crippen LogP contribution in [0.2, 0.25) is 0 Å². The van der Waals surface area contributed by atoms with Crippen LogP contribution < -0.4 is 14.9 Å². The topological polar surface area (TPSA) is 78.5 Å². The molecule has 0 radical (unpaired) electrons. The molecular formula is C23H25N3O3S. The standard InChI is InChI=1S/C23H25N3O3S/c1-18-8-14-22(15-9-18)30(28,29)25-20-12-10-19(11-13-20)23(27)24-16-17-26(2)21-6-4-3-5-7-21/h3-15,25H,16-17H2,1-2H3,(H,24,27). The van der Waals surface area contributed by atoms with Crippen LogP contribution >= 0.6 is 0 Å². The fourth-order valence-corrected chi connectivity index (χ4v) is 3.93. The van der Waals surface area contributed by atoms with E-state index in [9.17, 15) is 13.2 Å².